The third-order valence-electron chi connectivity index (χ3n) is 5.02. The van der Waals surface area contributed by atoms with Crippen LogP contribution in [0.5, 0.6) is 5.75 Å². The average molecular weight is 362 g/mol. The van der Waals surface area contributed by atoms with Gasteiger partial charge in [0.2, 0.25) is 11.8 Å². The smallest absolute Gasteiger partial charge is 0.242 e. The maximum atomic E-state index is 12.7. The number of hydrogen-bond donors (Lipinski definition) is 0. The Morgan fingerprint density at radius 2 is 1.85 bits per heavy atom. The summed E-state index contributed by atoms with van der Waals surface area (Å²) in [7, 11) is 1.60. The first-order valence-electron chi connectivity index (χ1n) is 8.96. The summed E-state index contributed by atoms with van der Waals surface area (Å²) in [6.45, 7) is 4.28. The quantitative estimate of drug-likeness (QED) is 0.792. The minimum Gasteiger partial charge on any atom is -0.496 e. The molecule has 3 rings (SSSR count). The van der Waals surface area contributed by atoms with Crippen LogP contribution in [0.1, 0.15) is 25.3 Å². The van der Waals surface area contributed by atoms with E-state index in [4.69, 9.17) is 14.2 Å². The van der Waals surface area contributed by atoms with Crippen LogP contribution in [0.25, 0.3) is 0 Å². The van der Waals surface area contributed by atoms with Gasteiger partial charge in [0, 0.05) is 45.0 Å². The lowest BCUT2D eigenvalue weighted by molar-refractivity contribution is -0.187. The van der Waals surface area contributed by atoms with Crippen LogP contribution in [0.2, 0.25) is 0 Å². The second-order valence-electron chi connectivity index (χ2n) is 6.68. The van der Waals surface area contributed by atoms with Crippen molar-refractivity contribution in [1.82, 2.24) is 9.80 Å². The molecule has 2 fully saturated rings. The van der Waals surface area contributed by atoms with Gasteiger partial charge in [-0.3, -0.25) is 9.59 Å². The summed E-state index contributed by atoms with van der Waals surface area (Å²) < 4.78 is 16.7. The highest BCUT2D eigenvalue weighted by atomic mass is 16.7. The van der Waals surface area contributed by atoms with Gasteiger partial charge >= 0.3 is 0 Å². The summed E-state index contributed by atoms with van der Waals surface area (Å²) in [4.78, 5) is 28.1. The van der Waals surface area contributed by atoms with E-state index in [9.17, 15) is 9.59 Å². The maximum Gasteiger partial charge on any atom is 0.242 e. The zero-order valence-corrected chi connectivity index (χ0v) is 15.4. The Labute approximate surface area is 153 Å². The first-order chi connectivity index (χ1) is 12.5. The zero-order chi connectivity index (χ0) is 18.6. The van der Waals surface area contributed by atoms with Gasteiger partial charge in [-0.25, -0.2) is 0 Å². The summed E-state index contributed by atoms with van der Waals surface area (Å²) in [5.41, 5.74) is 0.878. The van der Waals surface area contributed by atoms with E-state index < -0.39 is 5.79 Å². The van der Waals surface area contributed by atoms with Gasteiger partial charge in [0.15, 0.2) is 5.79 Å². The Hall–Kier alpha value is -2.12. The lowest BCUT2D eigenvalue weighted by Crippen LogP contribution is -2.50. The molecule has 0 N–H and O–H groups in total. The molecular formula is C19H26N2O5. The fourth-order valence-corrected chi connectivity index (χ4v) is 3.46. The molecule has 7 heteroatoms. The lowest BCUT2D eigenvalue weighted by atomic mass is 10.0. The van der Waals surface area contributed by atoms with Gasteiger partial charge in [0.25, 0.3) is 0 Å². The molecule has 0 bridgehead atoms. The molecule has 0 radical (unpaired) electrons. The molecule has 0 saturated carbocycles. The maximum absolute atomic E-state index is 12.7. The van der Waals surface area contributed by atoms with E-state index >= 15 is 0 Å². The van der Waals surface area contributed by atoms with Crippen molar-refractivity contribution in [3.8, 4) is 5.75 Å². The topological polar surface area (TPSA) is 68.3 Å². The van der Waals surface area contributed by atoms with E-state index in [1.54, 1.807) is 16.9 Å². The molecular weight excluding hydrogens is 336 g/mol. The summed E-state index contributed by atoms with van der Waals surface area (Å²) in [5.74, 6) is 0.0128. The van der Waals surface area contributed by atoms with Crippen molar-refractivity contribution in [3.05, 3.63) is 29.8 Å². The molecule has 0 aromatic heterocycles. The van der Waals surface area contributed by atoms with Crippen molar-refractivity contribution in [2.45, 2.75) is 32.1 Å². The molecule has 1 aromatic carbocycles. The van der Waals surface area contributed by atoms with Gasteiger partial charge in [-0.1, -0.05) is 18.2 Å². The second-order valence-corrected chi connectivity index (χ2v) is 6.68. The highest BCUT2D eigenvalue weighted by Gasteiger charge is 2.40. The first kappa shape index (κ1) is 18.7. The fourth-order valence-electron chi connectivity index (χ4n) is 3.46. The Morgan fingerprint density at radius 3 is 2.46 bits per heavy atom. The van der Waals surface area contributed by atoms with Crippen LogP contribution in [0.4, 0.5) is 0 Å². The minimum atomic E-state index is -0.506. The van der Waals surface area contributed by atoms with Crippen molar-refractivity contribution < 1.29 is 23.8 Å². The van der Waals surface area contributed by atoms with Crippen molar-refractivity contribution in [2.24, 2.45) is 0 Å². The van der Waals surface area contributed by atoms with Gasteiger partial charge in [0.1, 0.15) is 12.3 Å². The van der Waals surface area contributed by atoms with Crippen LogP contribution in [-0.4, -0.2) is 67.4 Å². The van der Waals surface area contributed by atoms with Gasteiger partial charge in [-0.05, 0) is 6.07 Å². The van der Waals surface area contributed by atoms with E-state index in [0.717, 1.165) is 5.56 Å². The molecule has 2 aliphatic rings. The third-order valence-corrected chi connectivity index (χ3v) is 5.02. The zero-order valence-electron chi connectivity index (χ0n) is 15.4. The van der Waals surface area contributed by atoms with Gasteiger partial charge in [-0.15, -0.1) is 0 Å². The number of carbonyl (C=O) groups is 2. The van der Waals surface area contributed by atoms with Gasteiger partial charge in [0.05, 0.1) is 20.3 Å². The number of carbonyl (C=O) groups excluding carboxylic acids is 2. The number of likely N-dealkylation sites (tertiary alicyclic amines) is 1. The van der Waals surface area contributed by atoms with E-state index in [0.29, 0.717) is 51.4 Å². The van der Waals surface area contributed by atoms with Crippen molar-refractivity contribution in [1.29, 1.82) is 0 Å². The van der Waals surface area contributed by atoms with Crippen molar-refractivity contribution >= 4 is 11.8 Å². The predicted molar refractivity (Wildman–Crippen MR) is 94.5 cm³/mol. The first-order valence-corrected chi connectivity index (χ1v) is 8.96. The van der Waals surface area contributed by atoms with Gasteiger partial charge < -0.3 is 24.0 Å². The van der Waals surface area contributed by atoms with Crippen LogP contribution >= 0.6 is 0 Å². The molecule has 2 heterocycles. The molecule has 0 atom stereocenters. The standard InChI is InChI=1S/C19H26N2O5/c1-15(22)21(13-16-5-3-4-6-17(16)24-2)14-18(23)20-9-7-19(8-10-20)25-11-12-26-19/h3-6H,7-14H2,1-2H3. The molecule has 0 unspecified atom stereocenters. The van der Waals surface area contributed by atoms with Gasteiger partial charge in [-0.2, -0.15) is 0 Å². The number of nitrogens with zero attached hydrogens (tertiary/aromatic N) is 2. The number of amides is 2. The number of hydrogen-bond acceptors (Lipinski definition) is 5. The number of piperidine rings is 1. The average Bonchev–Trinajstić information content (AvgIpc) is 3.10. The number of ether oxygens (including phenoxy) is 3. The predicted octanol–water partition coefficient (Wildman–Crippen LogP) is 1.41. The normalized spacial score (nSPS) is 18.8. The van der Waals surface area contributed by atoms with E-state index in [1.165, 1.54) is 6.92 Å². The lowest BCUT2D eigenvalue weighted by Gasteiger charge is -2.38. The molecule has 1 spiro atoms. The monoisotopic (exact) mass is 362 g/mol. The highest BCUT2D eigenvalue weighted by molar-refractivity contribution is 5.84. The Kier molecular flexibility index (Phi) is 5.78. The summed E-state index contributed by atoms with van der Waals surface area (Å²) in [5, 5.41) is 0. The third kappa shape index (κ3) is 4.16. The second kappa shape index (κ2) is 8.05. The molecule has 1 aromatic rings. The molecule has 142 valence electrons. The largest absolute Gasteiger partial charge is 0.496 e. The number of rotatable bonds is 5. The van der Waals surface area contributed by atoms with Crippen LogP contribution in [-0.2, 0) is 25.6 Å². The summed E-state index contributed by atoms with van der Waals surface area (Å²) in [6.07, 6.45) is 1.34. The van der Waals surface area contributed by atoms with E-state index in [2.05, 4.69) is 0 Å². The Balaban J connectivity index is 1.59. The van der Waals surface area contributed by atoms with E-state index in [-0.39, 0.29) is 18.4 Å². The van der Waals surface area contributed by atoms with Crippen molar-refractivity contribution in [2.75, 3.05) is 40.0 Å². The molecule has 2 aliphatic heterocycles. The van der Waals surface area contributed by atoms with E-state index in [1.807, 2.05) is 24.3 Å². The number of benzene rings is 1. The SMILES string of the molecule is COc1ccccc1CN(CC(=O)N1CCC2(CC1)OCCO2)C(C)=O. The molecule has 0 aliphatic carbocycles. The van der Waals surface area contributed by atoms with Crippen LogP contribution in [0.15, 0.2) is 24.3 Å². The molecule has 26 heavy (non-hydrogen) atoms. The Bertz CT molecular complexity index is 647. The Morgan fingerprint density at radius 1 is 1.19 bits per heavy atom. The number of para-hydroxylation sites is 1. The summed E-state index contributed by atoms with van der Waals surface area (Å²) in [6, 6.07) is 7.52. The van der Waals surface area contributed by atoms with Crippen LogP contribution < -0.4 is 4.74 Å². The van der Waals surface area contributed by atoms with Crippen LogP contribution in [0.3, 0.4) is 0 Å². The number of methoxy groups -OCH3 is 1. The highest BCUT2D eigenvalue weighted by Crippen LogP contribution is 2.31. The van der Waals surface area contributed by atoms with Crippen LogP contribution in [0, 0.1) is 0 Å². The molecule has 2 amide bonds. The molecule has 7 nitrogen and oxygen atoms in total. The fraction of sp³-hybridized carbons (Fsp3) is 0.579. The van der Waals surface area contributed by atoms with Crippen molar-refractivity contribution in [3.63, 3.8) is 0 Å². The summed E-state index contributed by atoms with van der Waals surface area (Å²) >= 11 is 0. The molecule has 2 saturated heterocycles. The minimum absolute atomic E-state index is 0.0528.